The molecule has 1 saturated carbocycles. The SMILES string of the molecule is COc1c(Cl)cc(Cl)cc1CNC1CC1.Cl. The fraction of sp³-hybridized carbons (Fsp3) is 0.455. The third kappa shape index (κ3) is 3.42. The van der Waals surface area contributed by atoms with Crippen molar-refractivity contribution in [1.29, 1.82) is 0 Å². The third-order valence-corrected chi connectivity index (χ3v) is 2.95. The predicted octanol–water partition coefficient (Wildman–Crippen LogP) is 3.68. The van der Waals surface area contributed by atoms with Crippen LogP contribution in [0.1, 0.15) is 18.4 Å². The Bertz CT molecular complexity index is 366. The maximum Gasteiger partial charge on any atom is 0.142 e. The summed E-state index contributed by atoms with van der Waals surface area (Å²) >= 11 is 12.0. The minimum Gasteiger partial charge on any atom is -0.495 e. The van der Waals surface area contributed by atoms with Crippen LogP contribution in [0, 0.1) is 0 Å². The van der Waals surface area contributed by atoms with Gasteiger partial charge in [0, 0.05) is 23.2 Å². The number of methoxy groups -OCH3 is 1. The Hall–Kier alpha value is -0.150. The van der Waals surface area contributed by atoms with Gasteiger partial charge in [-0.1, -0.05) is 23.2 Å². The quantitative estimate of drug-likeness (QED) is 0.910. The molecule has 1 fully saturated rings. The minimum absolute atomic E-state index is 0. The summed E-state index contributed by atoms with van der Waals surface area (Å²) in [4.78, 5) is 0. The summed E-state index contributed by atoms with van der Waals surface area (Å²) in [5.41, 5.74) is 1.02. The first-order valence-electron chi connectivity index (χ1n) is 4.96. The zero-order chi connectivity index (χ0) is 10.8. The maximum absolute atomic E-state index is 6.03. The van der Waals surface area contributed by atoms with Gasteiger partial charge in [0.1, 0.15) is 5.75 Å². The van der Waals surface area contributed by atoms with Crippen LogP contribution >= 0.6 is 35.6 Å². The smallest absolute Gasteiger partial charge is 0.142 e. The van der Waals surface area contributed by atoms with E-state index in [4.69, 9.17) is 27.9 Å². The molecular formula is C11H14Cl3NO. The first-order valence-corrected chi connectivity index (χ1v) is 5.71. The van der Waals surface area contributed by atoms with E-state index in [0.29, 0.717) is 21.8 Å². The lowest BCUT2D eigenvalue weighted by atomic mass is 10.2. The number of hydrogen-bond donors (Lipinski definition) is 1. The molecule has 0 aromatic heterocycles. The Morgan fingerprint density at radius 3 is 2.62 bits per heavy atom. The van der Waals surface area contributed by atoms with Gasteiger partial charge in [0.25, 0.3) is 0 Å². The van der Waals surface area contributed by atoms with Gasteiger partial charge in [-0.2, -0.15) is 0 Å². The molecule has 1 aromatic rings. The summed E-state index contributed by atoms with van der Waals surface area (Å²) in [5.74, 6) is 0.717. The van der Waals surface area contributed by atoms with E-state index in [2.05, 4.69) is 5.32 Å². The highest BCUT2D eigenvalue weighted by atomic mass is 35.5. The van der Waals surface area contributed by atoms with Crippen molar-refractivity contribution >= 4 is 35.6 Å². The largest absolute Gasteiger partial charge is 0.495 e. The molecule has 2 rings (SSSR count). The van der Waals surface area contributed by atoms with E-state index in [-0.39, 0.29) is 12.4 Å². The summed E-state index contributed by atoms with van der Waals surface area (Å²) in [7, 11) is 1.62. The van der Waals surface area contributed by atoms with E-state index in [1.54, 1.807) is 13.2 Å². The van der Waals surface area contributed by atoms with Crippen LogP contribution in [0.5, 0.6) is 5.75 Å². The molecule has 1 aliphatic carbocycles. The van der Waals surface area contributed by atoms with Gasteiger partial charge in [0.05, 0.1) is 12.1 Å². The zero-order valence-electron chi connectivity index (χ0n) is 8.93. The van der Waals surface area contributed by atoms with Crippen molar-refractivity contribution in [2.45, 2.75) is 25.4 Å². The van der Waals surface area contributed by atoms with E-state index in [1.807, 2.05) is 6.07 Å². The fourth-order valence-electron chi connectivity index (χ4n) is 1.52. The Labute approximate surface area is 112 Å². The van der Waals surface area contributed by atoms with Crippen LogP contribution in [0.15, 0.2) is 12.1 Å². The highest BCUT2D eigenvalue weighted by Crippen LogP contribution is 2.32. The second-order valence-electron chi connectivity index (χ2n) is 3.74. The van der Waals surface area contributed by atoms with Gasteiger partial charge in [-0.15, -0.1) is 12.4 Å². The number of hydrogen-bond acceptors (Lipinski definition) is 2. The third-order valence-electron chi connectivity index (χ3n) is 2.45. The van der Waals surface area contributed by atoms with Gasteiger partial charge in [-0.3, -0.25) is 0 Å². The summed E-state index contributed by atoms with van der Waals surface area (Å²) < 4.78 is 5.25. The van der Waals surface area contributed by atoms with Crippen molar-refractivity contribution < 1.29 is 4.74 Å². The van der Waals surface area contributed by atoms with Crippen LogP contribution in [0.25, 0.3) is 0 Å². The lowest BCUT2D eigenvalue weighted by Gasteiger charge is -2.11. The fourth-order valence-corrected chi connectivity index (χ4v) is 2.13. The number of nitrogens with one attached hydrogen (secondary N) is 1. The first kappa shape index (κ1) is 13.9. The molecule has 0 aliphatic heterocycles. The summed E-state index contributed by atoms with van der Waals surface area (Å²) in [6, 6.07) is 4.25. The van der Waals surface area contributed by atoms with Crippen molar-refractivity contribution in [3.63, 3.8) is 0 Å². The van der Waals surface area contributed by atoms with E-state index >= 15 is 0 Å². The van der Waals surface area contributed by atoms with E-state index < -0.39 is 0 Å². The molecule has 5 heteroatoms. The number of ether oxygens (including phenoxy) is 1. The standard InChI is InChI=1S/C11H13Cl2NO.ClH/c1-15-11-7(6-14-9-2-3-9)4-8(12)5-10(11)13;/h4-5,9,14H,2-3,6H2,1H3;1H. The molecule has 1 N–H and O–H groups in total. The Morgan fingerprint density at radius 1 is 1.38 bits per heavy atom. The molecule has 0 spiro atoms. The lowest BCUT2D eigenvalue weighted by molar-refractivity contribution is 0.408. The molecule has 0 atom stereocenters. The van der Waals surface area contributed by atoms with Gasteiger partial charge in [-0.25, -0.2) is 0 Å². The van der Waals surface area contributed by atoms with Crippen molar-refractivity contribution in [3.05, 3.63) is 27.7 Å². The van der Waals surface area contributed by atoms with Gasteiger partial charge in [0.15, 0.2) is 0 Å². The van der Waals surface area contributed by atoms with Gasteiger partial charge in [0.2, 0.25) is 0 Å². The Kier molecular flexibility index (Phi) is 5.19. The van der Waals surface area contributed by atoms with Gasteiger partial charge >= 0.3 is 0 Å². The highest BCUT2D eigenvalue weighted by molar-refractivity contribution is 6.35. The second kappa shape index (κ2) is 5.97. The molecule has 1 aromatic carbocycles. The van der Waals surface area contributed by atoms with Gasteiger partial charge < -0.3 is 10.1 Å². The molecule has 0 radical (unpaired) electrons. The molecule has 0 bridgehead atoms. The van der Waals surface area contributed by atoms with Crippen molar-refractivity contribution in [3.8, 4) is 5.75 Å². The number of benzene rings is 1. The first-order chi connectivity index (χ1) is 7.20. The second-order valence-corrected chi connectivity index (χ2v) is 4.58. The highest BCUT2D eigenvalue weighted by Gasteiger charge is 2.21. The van der Waals surface area contributed by atoms with Crippen molar-refractivity contribution in [2.24, 2.45) is 0 Å². The Morgan fingerprint density at radius 2 is 2.06 bits per heavy atom. The molecular weight excluding hydrogens is 268 g/mol. The van der Waals surface area contributed by atoms with Crippen LogP contribution in [-0.4, -0.2) is 13.2 Å². The monoisotopic (exact) mass is 281 g/mol. The molecule has 0 saturated heterocycles. The molecule has 0 heterocycles. The van der Waals surface area contributed by atoms with Crippen molar-refractivity contribution in [1.82, 2.24) is 5.32 Å². The summed E-state index contributed by atoms with van der Waals surface area (Å²) in [6.45, 7) is 0.758. The molecule has 16 heavy (non-hydrogen) atoms. The Balaban J connectivity index is 0.00000128. The summed E-state index contributed by atoms with van der Waals surface area (Å²) in [6.07, 6.45) is 2.52. The van der Waals surface area contributed by atoms with Crippen LogP contribution in [0.4, 0.5) is 0 Å². The number of halogens is 3. The van der Waals surface area contributed by atoms with Gasteiger partial charge in [-0.05, 0) is 25.0 Å². The molecule has 1 aliphatic rings. The molecule has 0 unspecified atom stereocenters. The molecule has 2 nitrogen and oxygen atoms in total. The maximum atomic E-state index is 6.03. The average molecular weight is 283 g/mol. The predicted molar refractivity (Wildman–Crippen MR) is 70.1 cm³/mol. The van der Waals surface area contributed by atoms with Crippen molar-refractivity contribution in [2.75, 3.05) is 7.11 Å². The normalized spacial score (nSPS) is 14.4. The summed E-state index contributed by atoms with van der Waals surface area (Å²) in [5, 5.41) is 4.62. The zero-order valence-corrected chi connectivity index (χ0v) is 11.3. The average Bonchev–Trinajstić information content (AvgIpc) is 2.97. The van der Waals surface area contributed by atoms with E-state index in [1.165, 1.54) is 12.8 Å². The lowest BCUT2D eigenvalue weighted by Crippen LogP contribution is -2.15. The van der Waals surface area contributed by atoms with Crippen LogP contribution < -0.4 is 10.1 Å². The molecule has 90 valence electrons. The topological polar surface area (TPSA) is 21.3 Å². The van der Waals surface area contributed by atoms with Crippen LogP contribution in [-0.2, 0) is 6.54 Å². The molecule has 0 amide bonds. The van der Waals surface area contributed by atoms with E-state index in [0.717, 1.165) is 12.1 Å². The van der Waals surface area contributed by atoms with E-state index in [9.17, 15) is 0 Å². The number of rotatable bonds is 4. The van der Waals surface area contributed by atoms with Crippen LogP contribution in [0.2, 0.25) is 10.0 Å². The minimum atomic E-state index is 0. The van der Waals surface area contributed by atoms with Crippen LogP contribution in [0.3, 0.4) is 0 Å².